The predicted molar refractivity (Wildman–Crippen MR) is 459 cm³/mol. The zero-order valence-electron chi connectivity index (χ0n) is 68.6. The Hall–Kier alpha value is -9.44. The molecule has 0 radical (unpaired) electrons. The maximum absolute atomic E-state index is 14.0. The van der Waals surface area contributed by atoms with Crippen LogP contribution in [0.3, 0.4) is 0 Å². The molecule has 0 saturated carbocycles. The highest BCUT2D eigenvalue weighted by Crippen LogP contribution is 2.35. The van der Waals surface area contributed by atoms with Crippen LogP contribution in [0.1, 0.15) is 131 Å². The van der Waals surface area contributed by atoms with Crippen LogP contribution in [0.5, 0.6) is 0 Å². The number of pyridine rings is 4. The summed E-state index contributed by atoms with van der Waals surface area (Å²) in [7, 11) is 0. The highest BCUT2D eigenvalue weighted by molar-refractivity contribution is 6.08. The first-order chi connectivity index (χ1) is 55.3. The third-order valence-corrected chi connectivity index (χ3v) is 19.5. The molecule has 0 amide bonds. The van der Waals surface area contributed by atoms with Gasteiger partial charge in [0.05, 0.1) is 226 Å². The van der Waals surface area contributed by atoms with Crippen LogP contribution in [0.25, 0.3) is 87.7 Å². The molecule has 12 aromatic rings. The van der Waals surface area contributed by atoms with Crippen molar-refractivity contribution >= 4 is 111 Å². The number of aryl methyl sites for hydroxylation is 3. The van der Waals surface area contributed by atoms with Gasteiger partial charge in [0, 0.05) is 28.2 Å². The topological polar surface area (TPSA) is 355 Å². The number of hydrogen-bond donors (Lipinski definition) is 4. The van der Waals surface area contributed by atoms with Crippen LogP contribution in [0.15, 0.2) is 97.1 Å². The molecule has 0 spiro atoms. The van der Waals surface area contributed by atoms with Gasteiger partial charge in [-0.15, -0.1) is 0 Å². The van der Waals surface area contributed by atoms with Gasteiger partial charge in [0.1, 0.15) is 78.4 Å². The Morgan fingerprint density at radius 3 is 0.824 bits per heavy atom. The highest BCUT2D eigenvalue weighted by atomic mass is 16.6. The van der Waals surface area contributed by atoms with Gasteiger partial charge in [0.15, 0.2) is 23.1 Å². The number of hydrogen-bond acceptors (Lipinski definition) is 25. The molecule has 12 rings (SSSR count). The van der Waals surface area contributed by atoms with Crippen molar-refractivity contribution in [1.29, 1.82) is 0 Å². The van der Waals surface area contributed by atoms with Crippen molar-refractivity contribution in [1.82, 2.24) is 58.1 Å². The molecular formula is C90H120N12O17. The van der Waals surface area contributed by atoms with E-state index in [9.17, 15) is 39.6 Å². The molecule has 0 fully saturated rings. The SMILES string of the molecule is C.C.C.CCOCc1nc2c(CC(=O)COCCOCC(COCCOCC(=O)Cc3nc4ccccc4c4c3nc(C)n4CC(C)(C)O)(COCCOCC(=O)Cc3nc4ccccc4c4c3nc(C)n4CC(C)(C)O)COCCOCC(=O)Cc3nc4ccccc4c4c3nc(C)n4CC(C)(C)O)nc3ccccc3c2n1CC(C)(C)O. The van der Waals surface area contributed by atoms with Crippen molar-refractivity contribution in [2.45, 2.75) is 186 Å². The number of aliphatic hydroxyl groups is 4. The zero-order chi connectivity index (χ0) is 82.7. The Morgan fingerprint density at radius 2 is 0.563 bits per heavy atom. The number of imidazole rings is 4. The number of fused-ring (bicyclic) bond motifs is 12. The number of nitrogens with zero attached hydrogens (tertiary/aromatic N) is 12. The van der Waals surface area contributed by atoms with Gasteiger partial charge in [-0.05, 0) is 107 Å². The molecule has 0 saturated heterocycles. The molecule has 29 nitrogen and oxygen atoms in total. The molecule has 4 N–H and O–H groups in total. The van der Waals surface area contributed by atoms with Crippen molar-refractivity contribution in [2.24, 2.45) is 5.41 Å². The highest BCUT2D eigenvalue weighted by Gasteiger charge is 2.34. The van der Waals surface area contributed by atoms with Crippen molar-refractivity contribution in [3.63, 3.8) is 0 Å². The van der Waals surface area contributed by atoms with Crippen molar-refractivity contribution in [2.75, 3.05) is 112 Å². The van der Waals surface area contributed by atoms with Crippen LogP contribution in [-0.2, 0) is 120 Å². The largest absolute Gasteiger partial charge is 0.389 e. The normalized spacial score (nSPS) is 12.5. The molecule has 8 heterocycles. The van der Waals surface area contributed by atoms with Gasteiger partial charge in [0.25, 0.3) is 0 Å². The number of benzene rings is 4. The summed E-state index contributed by atoms with van der Waals surface area (Å²) in [6, 6.07) is 30.5. The number of carbonyl (C=O) groups excluding carboxylic acids is 4. The summed E-state index contributed by atoms with van der Waals surface area (Å²) in [4.78, 5) is 94.5. The quantitative estimate of drug-likeness (QED) is 0.0257. The molecule has 29 heteroatoms. The zero-order valence-corrected chi connectivity index (χ0v) is 68.6. The number of ether oxygens (including phenoxy) is 9. The number of carbonyl (C=O) groups is 4. The number of para-hydroxylation sites is 4. The van der Waals surface area contributed by atoms with Crippen LogP contribution in [0.4, 0.5) is 0 Å². The van der Waals surface area contributed by atoms with Crippen molar-refractivity contribution in [3.8, 4) is 0 Å². The van der Waals surface area contributed by atoms with E-state index in [1.54, 1.807) is 55.4 Å². The van der Waals surface area contributed by atoms with Gasteiger partial charge in [-0.25, -0.2) is 39.9 Å². The first-order valence-corrected chi connectivity index (χ1v) is 39.5. The van der Waals surface area contributed by atoms with Gasteiger partial charge < -0.3 is 81.3 Å². The van der Waals surface area contributed by atoms with E-state index in [-0.39, 0.29) is 210 Å². The Morgan fingerprint density at radius 1 is 0.328 bits per heavy atom. The van der Waals surface area contributed by atoms with Gasteiger partial charge in [-0.1, -0.05) is 95.1 Å². The molecule has 8 aromatic heterocycles. The number of ketones is 4. The summed E-state index contributed by atoms with van der Waals surface area (Å²) in [6.07, 6.45) is -0.283. The van der Waals surface area contributed by atoms with Gasteiger partial charge in [-0.3, -0.25) is 19.2 Å². The Labute approximate surface area is 695 Å². The smallest absolute Gasteiger partial charge is 0.164 e. The molecule has 642 valence electrons. The van der Waals surface area contributed by atoms with Crippen LogP contribution >= 0.6 is 0 Å². The number of rotatable bonds is 47. The Bertz CT molecular complexity index is 5110. The average molecular weight is 1640 g/mol. The van der Waals surface area contributed by atoms with Gasteiger partial charge >= 0.3 is 0 Å². The summed E-state index contributed by atoms with van der Waals surface area (Å²) in [5.74, 6) is 1.63. The van der Waals surface area contributed by atoms with Gasteiger partial charge in [0.2, 0.25) is 0 Å². The summed E-state index contributed by atoms with van der Waals surface area (Å²) in [5.41, 5.74) is 4.64. The molecule has 0 aliphatic carbocycles. The monoisotopic (exact) mass is 1640 g/mol. The summed E-state index contributed by atoms with van der Waals surface area (Å²) < 4.78 is 63.3. The average Bonchev–Trinajstić information content (AvgIpc) is 1.63. The minimum Gasteiger partial charge on any atom is -0.389 e. The van der Waals surface area contributed by atoms with E-state index in [2.05, 4.69) is 0 Å². The number of aromatic nitrogens is 12. The second kappa shape index (κ2) is 40.7. The maximum atomic E-state index is 14.0. The molecule has 0 aliphatic heterocycles. The van der Waals surface area contributed by atoms with Crippen LogP contribution in [0, 0.1) is 26.2 Å². The van der Waals surface area contributed by atoms with Crippen molar-refractivity contribution < 1.29 is 82.2 Å². The van der Waals surface area contributed by atoms with E-state index < -0.39 is 27.8 Å². The van der Waals surface area contributed by atoms with E-state index in [0.29, 0.717) is 96.8 Å². The number of Topliss-reactive ketones (excluding diaryl/α,β-unsaturated/α-hetero) is 4. The molecule has 119 heavy (non-hydrogen) atoms. The first-order valence-electron chi connectivity index (χ1n) is 39.5. The molecule has 0 atom stereocenters. The van der Waals surface area contributed by atoms with E-state index in [0.717, 1.165) is 43.6 Å². The molecule has 0 bridgehead atoms. The summed E-state index contributed by atoms with van der Waals surface area (Å²) >= 11 is 0. The second-order valence-electron chi connectivity index (χ2n) is 32.6. The van der Waals surface area contributed by atoms with Crippen molar-refractivity contribution in [3.05, 3.63) is 143 Å². The van der Waals surface area contributed by atoms with E-state index in [1.165, 1.54) is 0 Å². The van der Waals surface area contributed by atoms with E-state index in [4.69, 9.17) is 82.5 Å². The standard InChI is InChI=1S/C87H108N12O17.3CH4/c1-13-108-46-74-95-78-73(94-69-29-21-17-25-65(69)82(78)99(74)50-86(11,12)107)41-61(103)45-112-33-37-116-54-87(51-113-34-30-109-42-58(100)38-70-75-79(62-22-14-18-26-66(62)91-70)96(55(2)88-75)47-83(5,6)104,52-114-35-31-110-43-59(101)39-71-76-80(63-23-15-19-27-67(63)92-71)97(56(3)89-76)48-84(7,8)105)53-115-36-32-111-44-60(102)40-72-77-81(64-24-16-20-28-68(64)93-72)98(57(4)90-77)49-85(9,10)106;;;/h14-29,104-107H,13,30-54H2,1-12H3;3*1H4. The van der Waals surface area contributed by atoms with Gasteiger partial charge in [-0.2, -0.15) is 0 Å². The summed E-state index contributed by atoms with van der Waals surface area (Å²) in [5, 5.41) is 47.1. The summed E-state index contributed by atoms with van der Waals surface area (Å²) in [6.45, 7) is 22.0. The van der Waals surface area contributed by atoms with E-state index in [1.807, 2.05) is 143 Å². The molecule has 0 unspecified atom stereocenters. The fraction of sp³-hybridized carbons (Fsp3) is 0.511. The van der Waals surface area contributed by atoms with Crippen LogP contribution in [0.2, 0.25) is 0 Å². The first kappa shape index (κ1) is 93.4. The predicted octanol–water partition coefficient (Wildman–Crippen LogP) is 11.4. The van der Waals surface area contributed by atoms with Crippen LogP contribution in [-0.4, -0.2) is 236 Å². The second-order valence-corrected chi connectivity index (χ2v) is 32.6. The third-order valence-electron chi connectivity index (χ3n) is 19.5. The molecule has 0 aliphatic rings. The third kappa shape index (κ3) is 24.0. The lowest BCUT2D eigenvalue weighted by molar-refractivity contribution is -0.130. The molecular weight excluding hydrogens is 1520 g/mol. The minimum absolute atomic E-state index is 0. The fourth-order valence-electron chi connectivity index (χ4n) is 14.6. The molecule has 4 aromatic carbocycles. The lowest BCUT2D eigenvalue weighted by Crippen LogP contribution is -2.43. The Kier molecular flexibility index (Phi) is 32.0. The Balaban J connectivity index is 0.00000538. The minimum atomic E-state index is -1.10. The lowest BCUT2D eigenvalue weighted by Gasteiger charge is -2.33. The van der Waals surface area contributed by atoms with Crippen LogP contribution < -0.4 is 0 Å². The fourth-order valence-corrected chi connectivity index (χ4v) is 14.6. The lowest BCUT2D eigenvalue weighted by atomic mass is 9.92. The maximum Gasteiger partial charge on any atom is 0.164 e. The van der Waals surface area contributed by atoms with E-state index >= 15 is 0 Å².